The fraction of sp³-hybridized carbons (Fsp3) is 0.508. The van der Waals surface area contributed by atoms with E-state index in [2.05, 4.69) is 33.8 Å². The molecule has 402 valence electrons. The lowest BCUT2D eigenvalue weighted by molar-refractivity contribution is -0.300. The van der Waals surface area contributed by atoms with Gasteiger partial charge in [0.25, 0.3) is 0 Å². The summed E-state index contributed by atoms with van der Waals surface area (Å²) in [4.78, 5) is 67.5. The molecule has 13 heteroatoms. The van der Waals surface area contributed by atoms with Crippen molar-refractivity contribution in [1.82, 2.24) is 0 Å². The molecular formula is C63H72O13. The summed E-state index contributed by atoms with van der Waals surface area (Å²) < 4.78 is 50.7. The summed E-state index contributed by atoms with van der Waals surface area (Å²) in [7, 11) is 0. The quantitative estimate of drug-likeness (QED) is 0.0593. The molecule has 6 aliphatic rings. The Hall–Kier alpha value is -6.15. The first-order chi connectivity index (χ1) is 36.7. The summed E-state index contributed by atoms with van der Waals surface area (Å²) in [5.41, 5.74) is 2.76. The Balaban J connectivity index is 0.859. The Morgan fingerprint density at radius 3 is 1.78 bits per heavy atom. The largest absolute Gasteiger partial charge is 0.462 e. The molecule has 3 saturated carbocycles. The van der Waals surface area contributed by atoms with Crippen LogP contribution in [0.1, 0.15) is 134 Å². The van der Waals surface area contributed by atoms with E-state index in [9.17, 15) is 24.0 Å². The molecule has 4 aromatic carbocycles. The van der Waals surface area contributed by atoms with E-state index in [1.54, 1.807) is 121 Å². The molecule has 0 unspecified atom stereocenters. The van der Waals surface area contributed by atoms with Crippen LogP contribution in [-0.4, -0.2) is 92.1 Å². The number of esters is 5. The third-order valence-electron chi connectivity index (χ3n) is 18.2. The van der Waals surface area contributed by atoms with E-state index in [4.69, 9.17) is 37.9 Å². The van der Waals surface area contributed by atoms with Crippen LogP contribution in [0.25, 0.3) is 0 Å². The van der Waals surface area contributed by atoms with Gasteiger partial charge in [0.1, 0.15) is 18.8 Å². The Morgan fingerprint density at radius 1 is 0.645 bits per heavy atom. The number of fused-ring (bicyclic) bond motifs is 7. The van der Waals surface area contributed by atoms with Crippen molar-refractivity contribution in [1.29, 1.82) is 0 Å². The summed E-state index contributed by atoms with van der Waals surface area (Å²) >= 11 is 0. The Labute approximate surface area is 446 Å². The Kier molecular flexibility index (Phi) is 16.0. The molecule has 0 radical (unpaired) electrons. The Morgan fingerprint density at radius 2 is 1.20 bits per heavy atom. The minimum absolute atomic E-state index is 0.0121. The van der Waals surface area contributed by atoms with Crippen LogP contribution < -0.4 is 0 Å². The zero-order valence-corrected chi connectivity index (χ0v) is 44.3. The van der Waals surface area contributed by atoms with Gasteiger partial charge in [-0.05, 0) is 146 Å². The summed E-state index contributed by atoms with van der Waals surface area (Å²) in [5.74, 6) is -0.479. The second-order valence-electron chi connectivity index (χ2n) is 22.8. The molecule has 2 saturated heterocycles. The SMILES string of the molecule is CC(=O)O[C@H]1CC[C@@]2(C)C(=CC[C@H]3[C@@H]4C[C@@H]5O[C@H](CC[C@@H](C)CO[C@@H]6O[C@H](COC(=O)c7ccccc7)[C@@H](OC(=O)c7ccccc7)[C@H](OC(=O)c7ccccc7)[C@H]6OC(=O)c6ccccc6)[C@@H](C)[C@@H]5[C@@]4(C)CC[C@@H]32)C1. The molecule has 5 fully saturated rings. The first-order valence-electron chi connectivity index (χ1n) is 27.5. The maximum Gasteiger partial charge on any atom is 0.338 e. The summed E-state index contributed by atoms with van der Waals surface area (Å²) in [6.07, 6.45) is 4.73. The molecule has 4 aliphatic carbocycles. The van der Waals surface area contributed by atoms with Gasteiger partial charge < -0.3 is 37.9 Å². The molecule has 2 heterocycles. The van der Waals surface area contributed by atoms with Gasteiger partial charge in [-0.15, -0.1) is 0 Å². The van der Waals surface area contributed by atoms with E-state index < -0.39 is 61.2 Å². The molecule has 0 aromatic heterocycles. The molecule has 0 N–H and O–H groups in total. The molecule has 16 atom stereocenters. The van der Waals surface area contributed by atoms with E-state index >= 15 is 0 Å². The topological polar surface area (TPSA) is 159 Å². The predicted molar refractivity (Wildman–Crippen MR) is 281 cm³/mol. The van der Waals surface area contributed by atoms with Crippen molar-refractivity contribution in [2.75, 3.05) is 13.2 Å². The molecule has 2 aliphatic heterocycles. The van der Waals surface area contributed by atoms with Crippen LogP contribution in [-0.2, 0) is 42.7 Å². The van der Waals surface area contributed by atoms with Gasteiger partial charge >= 0.3 is 29.8 Å². The highest BCUT2D eigenvalue weighted by molar-refractivity contribution is 5.91. The van der Waals surface area contributed by atoms with Crippen LogP contribution in [0, 0.1) is 46.3 Å². The number of ether oxygens (including phenoxy) is 8. The van der Waals surface area contributed by atoms with Crippen LogP contribution in [0.5, 0.6) is 0 Å². The zero-order chi connectivity index (χ0) is 53.1. The molecule has 76 heavy (non-hydrogen) atoms. The van der Waals surface area contributed by atoms with Crippen LogP contribution in [0.4, 0.5) is 0 Å². The molecule has 13 nitrogen and oxygen atoms in total. The normalized spacial score (nSPS) is 33.6. The lowest BCUT2D eigenvalue weighted by Crippen LogP contribution is -2.63. The first kappa shape index (κ1) is 53.3. The van der Waals surface area contributed by atoms with E-state index in [0.29, 0.717) is 29.6 Å². The number of carbonyl (C=O) groups is 5. The van der Waals surface area contributed by atoms with Gasteiger partial charge in [0.05, 0.1) is 41.1 Å². The van der Waals surface area contributed by atoms with Crippen molar-refractivity contribution < 1.29 is 61.9 Å². The molecule has 4 aromatic rings. The Bertz CT molecular complexity index is 2710. The smallest absolute Gasteiger partial charge is 0.338 e. The van der Waals surface area contributed by atoms with Crippen molar-refractivity contribution >= 4 is 29.8 Å². The van der Waals surface area contributed by atoms with Gasteiger partial charge in [0.2, 0.25) is 0 Å². The van der Waals surface area contributed by atoms with Crippen LogP contribution in [0.15, 0.2) is 133 Å². The third-order valence-corrected chi connectivity index (χ3v) is 18.2. The maximum atomic E-state index is 14.1. The first-order valence-corrected chi connectivity index (χ1v) is 27.5. The van der Waals surface area contributed by atoms with Crippen molar-refractivity contribution in [2.24, 2.45) is 46.3 Å². The van der Waals surface area contributed by atoms with Crippen molar-refractivity contribution in [3.8, 4) is 0 Å². The van der Waals surface area contributed by atoms with Crippen LogP contribution in [0.2, 0.25) is 0 Å². The predicted octanol–water partition coefficient (Wildman–Crippen LogP) is 11.2. The average Bonchev–Trinajstić information content (AvgIpc) is 3.99. The molecule has 10 rings (SSSR count). The highest BCUT2D eigenvalue weighted by Crippen LogP contribution is 2.69. The minimum atomic E-state index is -1.51. The van der Waals surface area contributed by atoms with Crippen molar-refractivity contribution in [2.45, 2.75) is 141 Å². The maximum absolute atomic E-state index is 14.1. The highest BCUT2D eigenvalue weighted by atomic mass is 16.7. The minimum Gasteiger partial charge on any atom is -0.462 e. The number of rotatable bonds is 16. The lowest BCUT2D eigenvalue weighted by Gasteiger charge is -2.58. The monoisotopic (exact) mass is 1040 g/mol. The highest BCUT2D eigenvalue weighted by Gasteiger charge is 2.65. The van der Waals surface area contributed by atoms with Crippen molar-refractivity contribution in [3.05, 3.63) is 155 Å². The lowest BCUT2D eigenvalue weighted by atomic mass is 9.47. The van der Waals surface area contributed by atoms with Crippen LogP contribution >= 0.6 is 0 Å². The molecule has 0 bridgehead atoms. The van der Waals surface area contributed by atoms with Gasteiger partial charge in [-0.25, -0.2) is 19.2 Å². The number of hydrogen-bond donors (Lipinski definition) is 0. The molecule has 0 amide bonds. The van der Waals surface area contributed by atoms with Crippen LogP contribution in [0.3, 0.4) is 0 Å². The fourth-order valence-corrected chi connectivity index (χ4v) is 14.4. The number of carbonyl (C=O) groups excluding carboxylic acids is 5. The van der Waals surface area contributed by atoms with Crippen molar-refractivity contribution in [3.63, 3.8) is 0 Å². The van der Waals surface area contributed by atoms with E-state index in [1.807, 2.05) is 0 Å². The van der Waals surface area contributed by atoms with Gasteiger partial charge in [-0.3, -0.25) is 4.79 Å². The standard InChI is InChI=1S/C63H72O13/c1-38(26-29-50-39(2)53-51(72-50)35-49-47-28-27-45-34-46(71-40(3)64)30-32-62(45,4)48(47)31-33-63(49,53)5)36-70-61-56(76-60(68)44-24-16-9-17-25-44)55(75-59(67)43-22-14-8-15-23-43)54(74-58(66)42-20-12-7-13-21-42)52(73-61)37-69-57(65)41-18-10-6-11-19-41/h6-25,27,38-39,46-56,61H,26,28-37H2,1-5H3/t38-,39-,46+,47-,48+,49+,50-,51+,52-,53+,54-,55+,56-,61-,62+,63+/m1/s1. The summed E-state index contributed by atoms with van der Waals surface area (Å²) in [5, 5.41) is 0. The van der Waals surface area contributed by atoms with E-state index in [0.717, 1.165) is 44.9 Å². The van der Waals surface area contributed by atoms with Gasteiger partial charge in [0.15, 0.2) is 24.6 Å². The summed E-state index contributed by atoms with van der Waals surface area (Å²) in [6, 6.07) is 33.4. The van der Waals surface area contributed by atoms with E-state index in [1.165, 1.54) is 25.3 Å². The molecule has 0 spiro atoms. The summed E-state index contributed by atoms with van der Waals surface area (Å²) in [6.45, 7) is 10.7. The third kappa shape index (κ3) is 11.0. The van der Waals surface area contributed by atoms with E-state index in [-0.39, 0.29) is 69.9 Å². The second-order valence-corrected chi connectivity index (χ2v) is 22.8. The van der Waals surface area contributed by atoms with Gasteiger partial charge in [0, 0.05) is 13.3 Å². The second kappa shape index (κ2) is 22.8. The van der Waals surface area contributed by atoms with Gasteiger partial charge in [-0.1, -0.05) is 112 Å². The fourth-order valence-electron chi connectivity index (χ4n) is 14.4. The van der Waals surface area contributed by atoms with Gasteiger partial charge in [-0.2, -0.15) is 0 Å². The zero-order valence-electron chi connectivity index (χ0n) is 44.3. The average molecular weight is 1040 g/mol. The molecular weight excluding hydrogens is 965 g/mol. The number of hydrogen-bond acceptors (Lipinski definition) is 13. The number of benzene rings is 4. The number of allylic oxidation sites excluding steroid dienone is 1.